The lowest BCUT2D eigenvalue weighted by atomic mass is 10.1. The first-order valence-electron chi connectivity index (χ1n) is 12.6. The van der Waals surface area contributed by atoms with Crippen molar-refractivity contribution in [3.8, 4) is 0 Å². The van der Waals surface area contributed by atoms with Crippen LogP contribution in [0.15, 0.2) is 71.8 Å². The van der Waals surface area contributed by atoms with Gasteiger partial charge in [0.15, 0.2) is 0 Å². The lowest BCUT2D eigenvalue weighted by Crippen LogP contribution is -2.43. The van der Waals surface area contributed by atoms with Gasteiger partial charge < -0.3 is 10.6 Å². The summed E-state index contributed by atoms with van der Waals surface area (Å²) < 4.78 is 0. The number of benzene rings is 2. The monoisotopic (exact) mass is 512 g/mol. The van der Waals surface area contributed by atoms with Gasteiger partial charge in [0, 0.05) is 60.9 Å². The predicted molar refractivity (Wildman–Crippen MR) is 151 cm³/mol. The van der Waals surface area contributed by atoms with Gasteiger partial charge in [0.25, 0.3) is 0 Å². The molecule has 190 valence electrons. The molecule has 8 heteroatoms. The zero-order chi connectivity index (χ0) is 25.6. The smallest absolute Gasteiger partial charge is 0.218 e. The largest absolute Gasteiger partial charge is 0.370 e. The third-order valence-corrected chi connectivity index (χ3v) is 7.93. The number of rotatable bonds is 9. The van der Waals surface area contributed by atoms with E-state index in [0.29, 0.717) is 0 Å². The number of H-pyrrole nitrogens is 1. The Hall–Kier alpha value is -3.46. The summed E-state index contributed by atoms with van der Waals surface area (Å²) >= 11 is 1.65. The molecular formula is C29H32N6OS. The molecule has 1 aliphatic rings. The normalized spacial score (nSPS) is 15.9. The van der Waals surface area contributed by atoms with Crippen LogP contribution in [0.2, 0.25) is 0 Å². The van der Waals surface area contributed by atoms with Gasteiger partial charge in [0.1, 0.15) is 0 Å². The molecule has 2 aromatic carbocycles. The van der Waals surface area contributed by atoms with Crippen LogP contribution in [0.5, 0.6) is 0 Å². The molecule has 3 N–H and O–H groups in total. The molecule has 2 aromatic heterocycles. The van der Waals surface area contributed by atoms with Crippen molar-refractivity contribution in [3.63, 3.8) is 0 Å². The lowest BCUT2D eigenvalue weighted by Gasteiger charge is -2.32. The number of thioether (sulfide) groups is 1. The van der Waals surface area contributed by atoms with Gasteiger partial charge in [-0.15, -0.1) is 11.8 Å². The van der Waals surface area contributed by atoms with Crippen LogP contribution in [-0.2, 0) is 11.3 Å². The summed E-state index contributed by atoms with van der Waals surface area (Å²) in [7, 11) is 2.17. The number of likely N-dealkylation sites (N-methyl/N-ethyl adjacent to an activating group) is 1. The number of aromatic nitrogens is 3. The first kappa shape index (κ1) is 25.2. The van der Waals surface area contributed by atoms with E-state index >= 15 is 0 Å². The Bertz CT molecular complexity index is 1360. The van der Waals surface area contributed by atoms with Crippen LogP contribution in [0.4, 0.5) is 0 Å². The summed E-state index contributed by atoms with van der Waals surface area (Å²) in [5, 5.41) is 8.58. The van der Waals surface area contributed by atoms with Gasteiger partial charge in [-0.1, -0.05) is 30.3 Å². The number of amides is 1. The minimum atomic E-state index is -0.302. The lowest BCUT2D eigenvalue weighted by molar-refractivity contribution is -0.118. The molecule has 7 nitrogen and oxygen atoms in total. The number of nitrogens with one attached hydrogen (secondary N) is 1. The number of hydrogen-bond acceptors (Lipinski definition) is 6. The molecule has 0 bridgehead atoms. The Balaban J connectivity index is 1.29. The van der Waals surface area contributed by atoms with Gasteiger partial charge in [-0.2, -0.15) is 5.10 Å². The first-order chi connectivity index (χ1) is 18.0. The van der Waals surface area contributed by atoms with E-state index < -0.39 is 0 Å². The van der Waals surface area contributed by atoms with E-state index in [1.165, 1.54) is 5.56 Å². The maximum atomic E-state index is 11.9. The Kier molecular flexibility index (Phi) is 7.99. The number of carbonyl (C=O) groups is 1. The van der Waals surface area contributed by atoms with Crippen molar-refractivity contribution in [3.05, 3.63) is 89.4 Å². The highest BCUT2D eigenvalue weighted by Gasteiger charge is 2.18. The summed E-state index contributed by atoms with van der Waals surface area (Å²) in [6.45, 7) is 5.36. The predicted octanol–water partition coefficient (Wildman–Crippen LogP) is 4.58. The Morgan fingerprint density at radius 3 is 2.62 bits per heavy atom. The molecule has 1 fully saturated rings. The molecule has 3 heterocycles. The van der Waals surface area contributed by atoms with Crippen molar-refractivity contribution in [2.75, 3.05) is 33.2 Å². The van der Waals surface area contributed by atoms with Crippen molar-refractivity contribution >= 4 is 40.7 Å². The van der Waals surface area contributed by atoms with E-state index in [2.05, 4.69) is 74.5 Å². The molecule has 4 aromatic rings. The standard InChI is InChI=1S/C29H32N6OS/c1-34-14-16-35(17-15-34)20-21-5-7-22(8-6-21)28(19-29(30)36)37-24-10-11-25-26(32-33-27(25)18-24)12-9-23-4-2-3-13-31-23/h2-13,18,28H,14-17,19-20H2,1H3,(H2,30,36)(H,32,33). The zero-order valence-electron chi connectivity index (χ0n) is 21.0. The van der Waals surface area contributed by atoms with Crippen molar-refractivity contribution in [2.24, 2.45) is 5.73 Å². The van der Waals surface area contributed by atoms with E-state index in [4.69, 9.17) is 5.73 Å². The average Bonchev–Trinajstić information content (AvgIpc) is 3.31. The van der Waals surface area contributed by atoms with Crippen LogP contribution >= 0.6 is 11.8 Å². The van der Waals surface area contributed by atoms with Crippen LogP contribution in [-0.4, -0.2) is 64.1 Å². The second-order valence-corrected chi connectivity index (χ2v) is 10.8. The fourth-order valence-corrected chi connectivity index (χ4v) is 5.74. The molecule has 1 aliphatic heterocycles. The topological polar surface area (TPSA) is 91.1 Å². The maximum absolute atomic E-state index is 11.9. The van der Waals surface area contributed by atoms with E-state index in [9.17, 15) is 4.79 Å². The van der Waals surface area contributed by atoms with E-state index in [1.807, 2.05) is 30.4 Å². The minimum Gasteiger partial charge on any atom is -0.370 e. The fourth-order valence-electron chi connectivity index (χ4n) is 4.54. The molecule has 1 saturated heterocycles. The summed E-state index contributed by atoms with van der Waals surface area (Å²) in [5.74, 6) is -0.302. The van der Waals surface area contributed by atoms with Crippen LogP contribution in [0.1, 0.15) is 34.2 Å². The molecule has 0 radical (unpaired) electrons. The van der Waals surface area contributed by atoms with Crippen LogP contribution in [0.25, 0.3) is 23.1 Å². The van der Waals surface area contributed by atoms with Crippen molar-refractivity contribution in [2.45, 2.75) is 23.1 Å². The molecule has 0 aliphatic carbocycles. The highest BCUT2D eigenvalue weighted by Crippen LogP contribution is 2.39. The van der Waals surface area contributed by atoms with Gasteiger partial charge in [-0.25, -0.2) is 0 Å². The Morgan fingerprint density at radius 2 is 1.89 bits per heavy atom. The van der Waals surface area contributed by atoms with Gasteiger partial charge >= 0.3 is 0 Å². The molecule has 1 unspecified atom stereocenters. The van der Waals surface area contributed by atoms with Crippen LogP contribution in [0.3, 0.4) is 0 Å². The summed E-state index contributed by atoms with van der Waals surface area (Å²) in [6, 6.07) is 20.7. The van der Waals surface area contributed by atoms with Crippen molar-refractivity contribution < 1.29 is 4.79 Å². The number of hydrogen-bond donors (Lipinski definition) is 2. The van der Waals surface area contributed by atoms with E-state index in [1.54, 1.807) is 18.0 Å². The molecule has 0 spiro atoms. The zero-order valence-corrected chi connectivity index (χ0v) is 21.8. The fraction of sp³-hybridized carbons (Fsp3) is 0.276. The van der Waals surface area contributed by atoms with Crippen molar-refractivity contribution in [1.29, 1.82) is 0 Å². The third-order valence-electron chi connectivity index (χ3n) is 6.68. The number of nitrogens with two attached hydrogens (primary N) is 1. The number of pyridine rings is 1. The number of nitrogens with zero attached hydrogens (tertiary/aromatic N) is 4. The molecule has 0 saturated carbocycles. The number of primary amides is 1. The first-order valence-corrected chi connectivity index (χ1v) is 13.4. The van der Waals surface area contributed by atoms with Crippen LogP contribution < -0.4 is 5.73 Å². The van der Waals surface area contributed by atoms with Crippen molar-refractivity contribution in [1.82, 2.24) is 25.0 Å². The SMILES string of the molecule is CN1CCN(Cc2ccc(C(CC(N)=O)Sc3ccc4c(C=Cc5ccccn5)n[nH]c4c3)cc2)CC1. The quantitative estimate of drug-likeness (QED) is 0.319. The molecule has 37 heavy (non-hydrogen) atoms. The third kappa shape index (κ3) is 6.65. The van der Waals surface area contributed by atoms with E-state index in [-0.39, 0.29) is 17.6 Å². The van der Waals surface area contributed by atoms with Crippen LogP contribution in [0, 0.1) is 0 Å². The molecule has 1 atom stereocenters. The van der Waals surface area contributed by atoms with Gasteiger partial charge in [-0.3, -0.25) is 19.8 Å². The molecular weight excluding hydrogens is 480 g/mol. The Labute approximate surface area is 221 Å². The summed E-state index contributed by atoms with van der Waals surface area (Å²) in [6.07, 6.45) is 5.97. The van der Waals surface area contributed by atoms with Gasteiger partial charge in [0.2, 0.25) is 5.91 Å². The average molecular weight is 513 g/mol. The number of piperazine rings is 1. The second kappa shape index (κ2) is 11.7. The van der Waals surface area contributed by atoms with Gasteiger partial charge in [0.05, 0.1) is 16.9 Å². The van der Waals surface area contributed by atoms with E-state index in [0.717, 1.165) is 65.5 Å². The summed E-state index contributed by atoms with van der Waals surface area (Å²) in [4.78, 5) is 22.1. The second-order valence-electron chi connectivity index (χ2n) is 9.50. The highest BCUT2D eigenvalue weighted by molar-refractivity contribution is 7.99. The molecule has 1 amide bonds. The van der Waals surface area contributed by atoms with Gasteiger partial charge in [-0.05, 0) is 60.7 Å². The number of fused-ring (bicyclic) bond motifs is 1. The minimum absolute atomic E-state index is 0.0564. The Morgan fingerprint density at radius 1 is 1.08 bits per heavy atom. The maximum Gasteiger partial charge on any atom is 0.218 e. The highest BCUT2D eigenvalue weighted by atomic mass is 32.2. The molecule has 5 rings (SSSR count). The number of aromatic amines is 1. The summed E-state index contributed by atoms with van der Waals surface area (Å²) in [5.41, 5.74) is 10.7. The number of carbonyl (C=O) groups excluding carboxylic acids is 1.